The van der Waals surface area contributed by atoms with Gasteiger partial charge in [-0.2, -0.15) is 10.1 Å². The van der Waals surface area contributed by atoms with E-state index in [0.717, 1.165) is 23.6 Å². The van der Waals surface area contributed by atoms with Gasteiger partial charge in [-0.15, -0.1) is 0 Å². The first-order chi connectivity index (χ1) is 10.9. The minimum absolute atomic E-state index is 0.0751. The molecule has 0 unspecified atom stereocenters. The fourth-order valence-electron chi connectivity index (χ4n) is 2.45. The van der Waals surface area contributed by atoms with Crippen molar-refractivity contribution in [3.63, 3.8) is 0 Å². The molecule has 1 N–H and O–H groups in total. The summed E-state index contributed by atoms with van der Waals surface area (Å²) in [6.07, 6.45) is 0. The number of likely N-dealkylation sites (N-methyl/N-ethyl adjacent to an activating group) is 1. The van der Waals surface area contributed by atoms with Crippen LogP contribution in [0.15, 0.2) is 4.52 Å². The Hall–Kier alpha value is -2.22. The van der Waals surface area contributed by atoms with Crippen LogP contribution in [0.5, 0.6) is 0 Å². The Kier molecular flexibility index (Phi) is 5.49. The van der Waals surface area contributed by atoms with E-state index >= 15 is 0 Å². The predicted octanol–water partition coefficient (Wildman–Crippen LogP) is 1.67. The first kappa shape index (κ1) is 17.1. The molecule has 126 valence electrons. The Morgan fingerprint density at radius 3 is 2.57 bits per heavy atom. The SMILES string of the molecule is CCN(CC(=O)Nc1c(C)nn(CC)c1C)Cc1noc(C)n1. The van der Waals surface area contributed by atoms with Gasteiger partial charge in [-0.05, 0) is 27.3 Å². The lowest BCUT2D eigenvalue weighted by Crippen LogP contribution is -2.33. The Morgan fingerprint density at radius 2 is 2.04 bits per heavy atom. The van der Waals surface area contributed by atoms with Crippen molar-refractivity contribution in [3.8, 4) is 0 Å². The molecule has 0 radical (unpaired) electrons. The van der Waals surface area contributed by atoms with E-state index in [-0.39, 0.29) is 12.5 Å². The zero-order valence-corrected chi connectivity index (χ0v) is 14.4. The number of rotatable bonds is 7. The molecular formula is C15H24N6O2. The number of carbonyl (C=O) groups is 1. The Labute approximate surface area is 135 Å². The van der Waals surface area contributed by atoms with Gasteiger partial charge in [0.05, 0.1) is 30.2 Å². The third kappa shape index (κ3) is 4.16. The van der Waals surface area contributed by atoms with Crippen LogP contribution in [0.3, 0.4) is 0 Å². The number of hydrogen-bond acceptors (Lipinski definition) is 6. The maximum absolute atomic E-state index is 12.3. The van der Waals surface area contributed by atoms with Gasteiger partial charge in [0.15, 0.2) is 5.82 Å². The smallest absolute Gasteiger partial charge is 0.238 e. The Bertz CT molecular complexity index is 676. The van der Waals surface area contributed by atoms with E-state index < -0.39 is 0 Å². The van der Waals surface area contributed by atoms with E-state index in [2.05, 4.69) is 20.6 Å². The van der Waals surface area contributed by atoms with E-state index in [0.29, 0.717) is 24.8 Å². The second-order valence-electron chi connectivity index (χ2n) is 5.44. The highest BCUT2D eigenvalue weighted by Crippen LogP contribution is 2.19. The van der Waals surface area contributed by atoms with Gasteiger partial charge in [-0.1, -0.05) is 12.1 Å². The van der Waals surface area contributed by atoms with Crippen LogP contribution in [0.4, 0.5) is 5.69 Å². The van der Waals surface area contributed by atoms with Crippen molar-refractivity contribution in [1.29, 1.82) is 0 Å². The highest BCUT2D eigenvalue weighted by molar-refractivity contribution is 5.93. The van der Waals surface area contributed by atoms with Gasteiger partial charge in [-0.3, -0.25) is 14.4 Å². The zero-order valence-electron chi connectivity index (χ0n) is 14.4. The van der Waals surface area contributed by atoms with Gasteiger partial charge in [-0.25, -0.2) is 0 Å². The molecule has 0 aliphatic heterocycles. The number of amides is 1. The van der Waals surface area contributed by atoms with Crippen molar-refractivity contribution in [1.82, 2.24) is 24.8 Å². The maximum atomic E-state index is 12.3. The van der Waals surface area contributed by atoms with Crippen LogP contribution in [0.1, 0.15) is 37.0 Å². The van der Waals surface area contributed by atoms with Gasteiger partial charge < -0.3 is 9.84 Å². The van der Waals surface area contributed by atoms with Crippen LogP contribution >= 0.6 is 0 Å². The summed E-state index contributed by atoms with van der Waals surface area (Å²) in [6, 6.07) is 0. The molecular weight excluding hydrogens is 296 g/mol. The van der Waals surface area contributed by atoms with Gasteiger partial charge in [0, 0.05) is 13.5 Å². The molecule has 0 aliphatic carbocycles. The van der Waals surface area contributed by atoms with Gasteiger partial charge in [0.1, 0.15) is 0 Å². The molecule has 0 aromatic carbocycles. The average Bonchev–Trinajstić information content (AvgIpc) is 3.04. The molecule has 2 heterocycles. The molecule has 23 heavy (non-hydrogen) atoms. The van der Waals surface area contributed by atoms with Crippen LogP contribution < -0.4 is 5.32 Å². The Morgan fingerprint density at radius 1 is 1.30 bits per heavy atom. The van der Waals surface area contributed by atoms with E-state index in [1.165, 1.54) is 0 Å². The van der Waals surface area contributed by atoms with Crippen molar-refractivity contribution in [2.24, 2.45) is 0 Å². The molecule has 0 fully saturated rings. The monoisotopic (exact) mass is 320 g/mol. The van der Waals surface area contributed by atoms with Gasteiger partial charge >= 0.3 is 0 Å². The first-order valence-corrected chi connectivity index (χ1v) is 7.80. The predicted molar refractivity (Wildman–Crippen MR) is 86.0 cm³/mol. The summed E-state index contributed by atoms with van der Waals surface area (Å²) >= 11 is 0. The van der Waals surface area contributed by atoms with Crippen LogP contribution in [0.2, 0.25) is 0 Å². The fourth-order valence-corrected chi connectivity index (χ4v) is 2.45. The van der Waals surface area contributed by atoms with E-state index in [9.17, 15) is 4.79 Å². The normalized spacial score (nSPS) is 11.2. The summed E-state index contributed by atoms with van der Waals surface area (Å²) in [5.74, 6) is 1.04. The number of aromatic nitrogens is 4. The van der Waals surface area contributed by atoms with Crippen LogP contribution in [0, 0.1) is 20.8 Å². The molecule has 0 bridgehead atoms. The van der Waals surface area contributed by atoms with Crippen molar-refractivity contribution in [2.75, 3.05) is 18.4 Å². The van der Waals surface area contributed by atoms with Crippen molar-refractivity contribution < 1.29 is 9.32 Å². The minimum atomic E-state index is -0.0751. The first-order valence-electron chi connectivity index (χ1n) is 7.80. The van der Waals surface area contributed by atoms with Crippen LogP contribution in [-0.2, 0) is 17.9 Å². The molecule has 2 rings (SSSR count). The van der Waals surface area contributed by atoms with E-state index in [1.54, 1.807) is 6.92 Å². The molecule has 0 aliphatic rings. The molecule has 8 heteroatoms. The van der Waals surface area contributed by atoms with Crippen molar-refractivity contribution in [3.05, 3.63) is 23.1 Å². The molecule has 0 spiro atoms. The largest absolute Gasteiger partial charge is 0.340 e. The van der Waals surface area contributed by atoms with E-state index in [4.69, 9.17) is 4.52 Å². The molecule has 8 nitrogen and oxygen atoms in total. The summed E-state index contributed by atoms with van der Waals surface area (Å²) in [7, 11) is 0. The molecule has 1 amide bonds. The lowest BCUT2D eigenvalue weighted by molar-refractivity contribution is -0.117. The quantitative estimate of drug-likeness (QED) is 0.835. The summed E-state index contributed by atoms with van der Waals surface area (Å²) < 4.78 is 6.84. The topological polar surface area (TPSA) is 89.1 Å². The number of hydrogen-bond donors (Lipinski definition) is 1. The number of carbonyl (C=O) groups excluding carboxylic acids is 1. The highest BCUT2D eigenvalue weighted by atomic mass is 16.5. The third-order valence-corrected chi connectivity index (χ3v) is 3.69. The molecule has 0 saturated heterocycles. The number of anilines is 1. The van der Waals surface area contributed by atoms with Crippen LogP contribution in [0.25, 0.3) is 0 Å². The molecule has 2 aromatic rings. The number of nitrogens with zero attached hydrogens (tertiary/aromatic N) is 5. The lowest BCUT2D eigenvalue weighted by atomic mass is 10.3. The lowest BCUT2D eigenvalue weighted by Gasteiger charge is -2.17. The standard InChI is InChI=1S/C15H24N6O2/c1-6-20(8-13-16-12(5)23-19-13)9-14(22)17-15-10(3)18-21(7-2)11(15)4/h6-9H2,1-5H3,(H,17,22). The van der Waals surface area contributed by atoms with Crippen molar-refractivity contribution in [2.45, 2.75) is 47.7 Å². The third-order valence-electron chi connectivity index (χ3n) is 3.69. The molecule has 2 aromatic heterocycles. The summed E-state index contributed by atoms with van der Waals surface area (Å²) in [5, 5.41) is 11.2. The Balaban J connectivity index is 1.99. The highest BCUT2D eigenvalue weighted by Gasteiger charge is 2.16. The minimum Gasteiger partial charge on any atom is -0.340 e. The van der Waals surface area contributed by atoms with E-state index in [1.807, 2.05) is 37.3 Å². The maximum Gasteiger partial charge on any atom is 0.238 e. The second-order valence-corrected chi connectivity index (χ2v) is 5.44. The van der Waals surface area contributed by atoms with Gasteiger partial charge in [0.2, 0.25) is 11.8 Å². The zero-order chi connectivity index (χ0) is 17.0. The average molecular weight is 320 g/mol. The van der Waals surface area contributed by atoms with Crippen molar-refractivity contribution >= 4 is 11.6 Å². The summed E-state index contributed by atoms with van der Waals surface area (Å²) in [5.41, 5.74) is 2.59. The second kappa shape index (κ2) is 7.36. The summed E-state index contributed by atoms with van der Waals surface area (Å²) in [6.45, 7) is 11.9. The van der Waals surface area contributed by atoms with Crippen LogP contribution in [-0.4, -0.2) is 43.8 Å². The molecule has 0 atom stereocenters. The fraction of sp³-hybridized carbons (Fsp3) is 0.600. The number of aryl methyl sites for hydroxylation is 3. The summed E-state index contributed by atoms with van der Waals surface area (Å²) in [4.78, 5) is 18.4. The molecule has 0 saturated carbocycles. The number of nitrogens with one attached hydrogen (secondary N) is 1. The van der Waals surface area contributed by atoms with Gasteiger partial charge in [0.25, 0.3) is 0 Å².